The van der Waals surface area contributed by atoms with Crippen molar-refractivity contribution in [1.82, 2.24) is 9.80 Å². The number of aliphatic carboxylic acids is 1. The lowest BCUT2D eigenvalue weighted by Gasteiger charge is -2.43. The van der Waals surface area contributed by atoms with Crippen LogP contribution in [0.2, 0.25) is 0 Å². The van der Waals surface area contributed by atoms with Gasteiger partial charge in [-0.2, -0.15) is 13.2 Å². The molecule has 7 nitrogen and oxygen atoms in total. The number of hydrogen-bond acceptors (Lipinski definition) is 5. The Balaban J connectivity index is 0.000000451. The molecule has 3 rings (SSSR count). The van der Waals surface area contributed by atoms with Crippen molar-refractivity contribution >= 4 is 11.9 Å². The van der Waals surface area contributed by atoms with Gasteiger partial charge in [0.05, 0.1) is 26.2 Å². The molecule has 1 aromatic carbocycles. The van der Waals surface area contributed by atoms with Gasteiger partial charge in [0.1, 0.15) is 0 Å². The molecule has 2 fully saturated rings. The summed E-state index contributed by atoms with van der Waals surface area (Å²) in [6.45, 7) is 6.81. The van der Waals surface area contributed by atoms with E-state index in [0.29, 0.717) is 6.42 Å². The fourth-order valence-corrected chi connectivity index (χ4v) is 4.04. The lowest BCUT2D eigenvalue weighted by atomic mass is 9.80. The largest absolute Gasteiger partial charge is 0.490 e. The Labute approximate surface area is 186 Å². The first-order valence-electron chi connectivity index (χ1n) is 10.6. The molecule has 1 unspecified atom stereocenters. The Morgan fingerprint density at radius 2 is 1.88 bits per heavy atom. The van der Waals surface area contributed by atoms with Crippen LogP contribution in [-0.4, -0.2) is 92.6 Å². The van der Waals surface area contributed by atoms with Crippen LogP contribution in [0.15, 0.2) is 30.3 Å². The van der Waals surface area contributed by atoms with Gasteiger partial charge in [-0.15, -0.1) is 0 Å². The maximum Gasteiger partial charge on any atom is 0.490 e. The van der Waals surface area contributed by atoms with Gasteiger partial charge in [0.15, 0.2) is 0 Å². The summed E-state index contributed by atoms with van der Waals surface area (Å²) in [6, 6.07) is 10.0. The molecule has 180 valence electrons. The van der Waals surface area contributed by atoms with Crippen LogP contribution in [0.4, 0.5) is 13.2 Å². The topological polar surface area (TPSA) is 79.3 Å². The molecule has 2 heterocycles. The van der Waals surface area contributed by atoms with Crippen molar-refractivity contribution < 1.29 is 37.3 Å². The minimum atomic E-state index is -5.08. The summed E-state index contributed by atoms with van der Waals surface area (Å²) in [5.41, 5.74) is 1.15. The van der Waals surface area contributed by atoms with Gasteiger partial charge in [0, 0.05) is 45.2 Å². The number of halogens is 3. The van der Waals surface area contributed by atoms with Crippen molar-refractivity contribution in [3.63, 3.8) is 0 Å². The second-order valence-corrected chi connectivity index (χ2v) is 8.21. The SMILES string of the molecule is COCCN1CCOCC2(CCCN(C(=O)Cc3ccccc3)C2)C1.O=C(O)C(F)(F)F. The average Bonchev–Trinajstić information content (AvgIpc) is 2.94. The van der Waals surface area contributed by atoms with E-state index in [2.05, 4.69) is 9.80 Å². The highest BCUT2D eigenvalue weighted by Crippen LogP contribution is 2.33. The number of carbonyl (C=O) groups excluding carboxylic acids is 1. The van der Waals surface area contributed by atoms with Gasteiger partial charge in [-0.25, -0.2) is 4.79 Å². The molecule has 1 aromatic rings. The molecule has 0 bridgehead atoms. The van der Waals surface area contributed by atoms with Gasteiger partial charge < -0.3 is 19.5 Å². The number of likely N-dealkylation sites (tertiary alicyclic amines) is 1. The highest BCUT2D eigenvalue weighted by Gasteiger charge is 2.40. The number of amides is 1. The van der Waals surface area contributed by atoms with Gasteiger partial charge in [-0.1, -0.05) is 30.3 Å². The van der Waals surface area contributed by atoms with Crippen molar-refractivity contribution in [2.24, 2.45) is 5.41 Å². The van der Waals surface area contributed by atoms with Crippen molar-refractivity contribution in [3.05, 3.63) is 35.9 Å². The number of benzene rings is 1. The second-order valence-electron chi connectivity index (χ2n) is 8.21. The third-order valence-corrected chi connectivity index (χ3v) is 5.59. The van der Waals surface area contributed by atoms with E-state index >= 15 is 0 Å². The molecule has 10 heteroatoms. The van der Waals surface area contributed by atoms with E-state index in [1.54, 1.807) is 7.11 Å². The summed E-state index contributed by atoms with van der Waals surface area (Å²) >= 11 is 0. The normalized spacial score (nSPS) is 22.1. The molecular weight excluding hydrogens is 429 g/mol. The van der Waals surface area contributed by atoms with Crippen LogP contribution in [-0.2, 0) is 25.5 Å². The first-order valence-corrected chi connectivity index (χ1v) is 10.6. The predicted octanol–water partition coefficient (Wildman–Crippen LogP) is 2.45. The quantitative estimate of drug-likeness (QED) is 0.727. The number of methoxy groups -OCH3 is 1. The molecule has 0 aromatic heterocycles. The third-order valence-electron chi connectivity index (χ3n) is 5.59. The highest BCUT2D eigenvalue weighted by molar-refractivity contribution is 5.79. The summed E-state index contributed by atoms with van der Waals surface area (Å²) in [5, 5.41) is 7.12. The Morgan fingerprint density at radius 3 is 2.50 bits per heavy atom. The molecule has 2 aliphatic rings. The Hall–Kier alpha value is -2.17. The van der Waals surface area contributed by atoms with Gasteiger partial charge in [-0.3, -0.25) is 9.69 Å². The molecule has 0 aliphatic carbocycles. The molecule has 2 aliphatic heterocycles. The van der Waals surface area contributed by atoms with E-state index in [0.717, 1.165) is 70.9 Å². The van der Waals surface area contributed by atoms with E-state index in [1.165, 1.54) is 0 Å². The summed E-state index contributed by atoms with van der Waals surface area (Å²) in [5.74, 6) is -2.52. The number of alkyl halides is 3. The maximum atomic E-state index is 12.8. The number of hydrogen-bond donors (Lipinski definition) is 1. The standard InChI is InChI=1S/C20H30N2O3.C2HF3O2/c1-24-12-10-21-11-13-25-17-20(15-21)8-5-9-22(16-20)19(23)14-18-6-3-2-4-7-18;3-2(4,5)1(6)7/h2-4,6-7H,5,8-17H2,1H3;(H,6,7). The first kappa shape index (κ1) is 26.1. The fraction of sp³-hybridized carbons (Fsp3) is 0.636. The van der Waals surface area contributed by atoms with E-state index in [-0.39, 0.29) is 11.3 Å². The van der Waals surface area contributed by atoms with Crippen molar-refractivity contribution in [1.29, 1.82) is 0 Å². The minimum absolute atomic E-state index is 0.0643. The van der Waals surface area contributed by atoms with Crippen LogP contribution in [0.5, 0.6) is 0 Å². The average molecular weight is 460 g/mol. The molecule has 1 amide bonds. The van der Waals surface area contributed by atoms with Crippen molar-refractivity contribution in [3.8, 4) is 0 Å². The van der Waals surface area contributed by atoms with E-state index in [4.69, 9.17) is 19.4 Å². The molecule has 0 saturated carbocycles. The number of carboxylic acids is 1. The summed E-state index contributed by atoms with van der Waals surface area (Å²) in [4.78, 5) is 26.2. The Morgan fingerprint density at radius 1 is 1.19 bits per heavy atom. The molecule has 2 saturated heterocycles. The number of rotatable bonds is 5. The third kappa shape index (κ3) is 8.40. The summed E-state index contributed by atoms with van der Waals surface area (Å²) < 4.78 is 42.9. The fourth-order valence-electron chi connectivity index (χ4n) is 4.04. The van der Waals surface area contributed by atoms with Gasteiger partial charge in [-0.05, 0) is 18.4 Å². The van der Waals surface area contributed by atoms with Crippen LogP contribution in [0.1, 0.15) is 18.4 Å². The summed E-state index contributed by atoms with van der Waals surface area (Å²) in [6.07, 6.45) is -2.40. The predicted molar refractivity (Wildman–Crippen MR) is 111 cm³/mol. The molecule has 1 spiro atoms. The molecule has 1 atom stereocenters. The summed E-state index contributed by atoms with van der Waals surface area (Å²) in [7, 11) is 1.74. The van der Waals surface area contributed by atoms with Crippen LogP contribution in [0.3, 0.4) is 0 Å². The maximum absolute atomic E-state index is 12.8. The first-order chi connectivity index (χ1) is 15.1. The number of ether oxygens (including phenoxy) is 2. The minimum Gasteiger partial charge on any atom is -0.475 e. The number of carbonyl (C=O) groups is 2. The monoisotopic (exact) mass is 460 g/mol. The van der Waals surface area contributed by atoms with E-state index in [9.17, 15) is 18.0 Å². The zero-order valence-electron chi connectivity index (χ0n) is 18.3. The number of carboxylic acid groups (broad SMARTS) is 1. The van der Waals surface area contributed by atoms with Crippen LogP contribution in [0, 0.1) is 5.41 Å². The lowest BCUT2D eigenvalue weighted by Crippen LogP contribution is -2.52. The zero-order chi connectivity index (χ0) is 23.6. The van der Waals surface area contributed by atoms with Crippen molar-refractivity contribution in [2.75, 3.05) is 59.7 Å². The highest BCUT2D eigenvalue weighted by atomic mass is 19.4. The second kappa shape index (κ2) is 12.2. The Kier molecular flexibility index (Phi) is 9.92. The molecular formula is C22H31F3N2O5. The Bertz CT molecular complexity index is 732. The van der Waals surface area contributed by atoms with Gasteiger partial charge >= 0.3 is 12.1 Å². The lowest BCUT2D eigenvalue weighted by molar-refractivity contribution is -0.192. The van der Waals surface area contributed by atoms with E-state index < -0.39 is 12.1 Å². The van der Waals surface area contributed by atoms with Crippen molar-refractivity contribution in [2.45, 2.75) is 25.4 Å². The van der Waals surface area contributed by atoms with Crippen LogP contribution in [0.25, 0.3) is 0 Å². The van der Waals surface area contributed by atoms with Crippen LogP contribution < -0.4 is 0 Å². The van der Waals surface area contributed by atoms with E-state index in [1.807, 2.05) is 30.3 Å². The zero-order valence-corrected chi connectivity index (χ0v) is 18.3. The molecule has 0 radical (unpaired) electrons. The smallest absolute Gasteiger partial charge is 0.475 e. The van der Waals surface area contributed by atoms with Crippen LogP contribution >= 0.6 is 0 Å². The van der Waals surface area contributed by atoms with Gasteiger partial charge in [0.25, 0.3) is 0 Å². The molecule has 32 heavy (non-hydrogen) atoms. The number of nitrogens with zero attached hydrogens (tertiary/aromatic N) is 2. The number of piperidine rings is 1. The van der Waals surface area contributed by atoms with Gasteiger partial charge in [0.2, 0.25) is 5.91 Å². The molecule has 1 N–H and O–H groups in total.